The molecule has 3 rings (SSSR count). The molecule has 4 nitrogen and oxygen atoms in total. The van der Waals surface area contributed by atoms with Crippen molar-refractivity contribution >= 4 is 51.4 Å². The average molecular weight is 291 g/mol. The molecule has 0 atom stereocenters. The summed E-state index contributed by atoms with van der Waals surface area (Å²) in [6, 6.07) is 9.49. The summed E-state index contributed by atoms with van der Waals surface area (Å²) in [7, 11) is 0. The lowest BCUT2D eigenvalue weighted by Gasteiger charge is -2.11. The van der Waals surface area contributed by atoms with Crippen LogP contribution >= 0.6 is 23.3 Å². The first-order chi connectivity index (χ1) is 9.15. The van der Waals surface area contributed by atoms with Crippen LogP contribution in [0.2, 0.25) is 5.02 Å². The van der Waals surface area contributed by atoms with E-state index in [0.29, 0.717) is 10.7 Å². The van der Waals surface area contributed by atoms with Crippen LogP contribution in [0.5, 0.6) is 0 Å². The van der Waals surface area contributed by atoms with Crippen molar-refractivity contribution in [2.45, 2.75) is 6.92 Å². The van der Waals surface area contributed by atoms with Crippen LogP contribution in [-0.4, -0.2) is 8.75 Å². The Labute approximate surface area is 119 Å². The maximum absolute atomic E-state index is 6.23. The number of nitrogens with two attached hydrogens (primary N) is 1. The quantitative estimate of drug-likeness (QED) is 0.701. The molecule has 0 saturated heterocycles. The van der Waals surface area contributed by atoms with Gasteiger partial charge in [-0.15, -0.1) is 0 Å². The number of anilines is 3. The smallest absolute Gasteiger partial charge is 0.129 e. The van der Waals surface area contributed by atoms with Crippen molar-refractivity contribution in [3.05, 3.63) is 40.9 Å². The molecule has 3 N–H and O–H groups in total. The van der Waals surface area contributed by atoms with Gasteiger partial charge in [0.25, 0.3) is 0 Å². The Morgan fingerprint density at radius 3 is 2.84 bits per heavy atom. The summed E-state index contributed by atoms with van der Waals surface area (Å²) in [5, 5.41) is 3.84. The van der Waals surface area contributed by atoms with Crippen molar-refractivity contribution < 1.29 is 0 Å². The molecule has 3 aromatic rings. The minimum atomic E-state index is 0.597. The summed E-state index contributed by atoms with van der Waals surface area (Å²) in [4.78, 5) is 0. The van der Waals surface area contributed by atoms with Gasteiger partial charge in [-0.2, -0.15) is 8.75 Å². The van der Waals surface area contributed by atoms with Crippen LogP contribution in [0.1, 0.15) is 5.56 Å². The van der Waals surface area contributed by atoms with Crippen LogP contribution in [0.25, 0.3) is 11.0 Å². The first-order valence-electron chi connectivity index (χ1n) is 5.69. The number of fused-ring (bicyclic) bond motifs is 1. The highest BCUT2D eigenvalue weighted by atomic mass is 35.5. The molecule has 19 heavy (non-hydrogen) atoms. The Morgan fingerprint density at radius 1 is 1.21 bits per heavy atom. The summed E-state index contributed by atoms with van der Waals surface area (Å²) in [5.74, 6) is 0. The van der Waals surface area contributed by atoms with E-state index >= 15 is 0 Å². The molecule has 0 saturated carbocycles. The zero-order valence-electron chi connectivity index (χ0n) is 10.1. The van der Waals surface area contributed by atoms with Gasteiger partial charge in [0.1, 0.15) is 11.0 Å². The lowest BCUT2D eigenvalue weighted by Crippen LogP contribution is -1.98. The van der Waals surface area contributed by atoms with Gasteiger partial charge >= 0.3 is 0 Å². The number of rotatable bonds is 2. The van der Waals surface area contributed by atoms with Gasteiger partial charge in [-0.25, -0.2) is 0 Å². The number of nitrogens with one attached hydrogen (secondary N) is 1. The van der Waals surface area contributed by atoms with E-state index in [0.717, 1.165) is 39.7 Å². The maximum Gasteiger partial charge on any atom is 0.129 e. The van der Waals surface area contributed by atoms with Crippen LogP contribution in [0, 0.1) is 6.92 Å². The SMILES string of the molecule is Cc1ccc(Nc2c(Cl)ccc3nsnc23)c(N)c1. The van der Waals surface area contributed by atoms with E-state index in [1.807, 2.05) is 31.2 Å². The number of hydrogen-bond acceptors (Lipinski definition) is 5. The predicted molar refractivity (Wildman–Crippen MR) is 81.3 cm³/mol. The number of nitrogen functional groups attached to an aromatic ring is 1. The Balaban J connectivity index is 2.10. The van der Waals surface area contributed by atoms with E-state index in [2.05, 4.69) is 14.1 Å². The highest BCUT2D eigenvalue weighted by Crippen LogP contribution is 2.34. The van der Waals surface area contributed by atoms with E-state index in [4.69, 9.17) is 17.3 Å². The van der Waals surface area contributed by atoms with Crippen LogP contribution in [-0.2, 0) is 0 Å². The molecule has 2 aromatic carbocycles. The zero-order chi connectivity index (χ0) is 13.4. The van der Waals surface area contributed by atoms with E-state index in [9.17, 15) is 0 Å². The first kappa shape index (κ1) is 12.2. The molecular weight excluding hydrogens is 280 g/mol. The minimum Gasteiger partial charge on any atom is -0.397 e. The second kappa shape index (κ2) is 4.68. The molecule has 0 spiro atoms. The van der Waals surface area contributed by atoms with Gasteiger partial charge in [-0.1, -0.05) is 17.7 Å². The molecule has 0 bridgehead atoms. The molecular formula is C13H11ClN4S. The number of aromatic nitrogens is 2. The molecule has 96 valence electrons. The Bertz CT molecular complexity index is 753. The molecule has 0 aliphatic heterocycles. The Hall–Kier alpha value is -1.85. The fourth-order valence-corrected chi connectivity index (χ4v) is 2.62. The van der Waals surface area contributed by atoms with E-state index < -0.39 is 0 Å². The van der Waals surface area contributed by atoms with E-state index in [1.165, 1.54) is 0 Å². The molecule has 0 unspecified atom stereocenters. The third-order valence-electron chi connectivity index (χ3n) is 2.84. The summed E-state index contributed by atoms with van der Waals surface area (Å²) in [6.45, 7) is 2.00. The lowest BCUT2D eigenvalue weighted by molar-refractivity contribution is 1.45. The Morgan fingerprint density at radius 2 is 2.05 bits per heavy atom. The van der Waals surface area contributed by atoms with E-state index in [-0.39, 0.29) is 0 Å². The number of nitrogens with zero attached hydrogens (tertiary/aromatic N) is 2. The van der Waals surface area contributed by atoms with Crippen molar-refractivity contribution in [3.8, 4) is 0 Å². The van der Waals surface area contributed by atoms with Gasteiger partial charge in [0, 0.05) is 0 Å². The summed E-state index contributed by atoms with van der Waals surface area (Å²) in [5.41, 5.74) is 10.9. The highest BCUT2D eigenvalue weighted by molar-refractivity contribution is 7.00. The van der Waals surface area contributed by atoms with Gasteiger partial charge in [-0.05, 0) is 36.8 Å². The highest BCUT2D eigenvalue weighted by Gasteiger charge is 2.11. The van der Waals surface area contributed by atoms with Crippen LogP contribution in [0.4, 0.5) is 17.1 Å². The molecule has 0 aliphatic carbocycles. The number of benzene rings is 2. The molecule has 1 heterocycles. The summed E-state index contributed by atoms with van der Waals surface area (Å²) >= 11 is 7.39. The summed E-state index contributed by atoms with van der Waals surface area (Å²) in [6.07, 6.45) is 0. The number of hydrogen-bond donors (Lipinski definition) is 2. The van der Waals surface area contributed by atoms with Crippen molar-refractivity contribution in [1.29, 1.82) is 0 Å². The second-order valence-electron chi connectivity index (χ2n) is 4.27. The third kappa shape index (κ3) is 2.22. The maximum atomic E-state index is 6.23. The fourth-order valence-electron chi connectivity index (χ4n) is 1.88. The van der Waals surface area contributed by atoms with Crippen LogP contribution in [0.15, 0.2) is 30.3 Å². The first-order valence-corrected chi connectivity index (χ1v) is 6.80. The monoisotopic (exact) mass is 290 g/mol. The van der Waals surface area contributed by atoms with Gasteiger partial charge in [0.15, 0.2) is 0 Å². The van der Waals surface area contributed by atoms with E-state index in [1.54, 1.807) is 6.07 Å². The molecule has 0 fully saturated rings. The predicted octanol–water partition coefficient (Wildman–Crippen LogP) is 3.98. The second-order valence-corrected chi connectivity index (χ2v) is 5.21. The molecule has 0 radical (unpaired) electrons. The van der Waals surface area contributed by atoms with Gasteiger partial charge < -0.3 is 11.1 Å². The third-order valence-corrected chi connectivity index (χ3v) is 3.70. The molecule has 0 amide bonds. The molecule has 0 aliphatic rings. The molecule has 1 aromatic heterocycles. The van der Waals surface area contributed by atoms with Crippen molar-refractivity contribution in [3.63, 3.8) is 0 Å². The Kier molecular flexibility index (Phi) is 3.00. The average Bonchev–Trinajstić information content (AvgIpc) is 2.84. The van der Waals surface area contributed by atoms with Gasteiger partial charge in [0.2, 0.25) is 0 Å². The standard InChI is InChI=1S/C13H11ClN4S/c1-7-2-4-10(9(15)6-7)16-12-8(14)3-5-11-13(12)18-19-17-11/h2-6,16H,15H2,1H3. The van der Waals surface area contributed by atoms with Crippen LogP contribution < -0.4 is 11.1 Å². The van der Waals surface area contributed by atoms with Crippen molar-refractivity contribution in [1.82, 2.24) is 8.75 Å². The van der Waals surface area contributed by atoms with Crippen molar-refractivity contribution in [2.75, 3.05) is 11.1 Å². The topological polar surface area (TPSA) is 63.8 Å². The fraction of sp³-hybridized carbons (Fsp3) is 0.0769. The number of halogens is 1. The summed E-state index contributed by atoms with van der Waals surface area (Å²) < 4.78 is 8.46. The number of aryl methyl sites for hydroxylation is 1. The normalized spacial score (nSPS) is 10.8. The van der Waals surface area contributed by atoms with Crippen molar-refractivity contribution in [2.24, 2.45) is 0 Å². The van der Waals surface area contributed by atoms with Gasteiger partial charge in [-0.3, -0.25) is 0 Å². The van der Waals surface area contributed by atoms with Gasteiger partial charge in [0.05, 0.1) is 33.8 Å². The zero-order valence-corrected chi connectivity index (χ0v) is 11.7. The minimum absolute atomic E-state index is 0.597. The van der Waals surface area contributed by atoms with Crippen LogP contribution in [0.3, 0.4) is 0 Å². The largest absolute Gasteiger partial charge is 0.397 e. The lowest BCUT2D eigenvalue weighted by atomic mass is 10.2. The molecule has 6 heteroatoms.